The highest BCUT2D eigenvalue weighted by molar-refractivity contribution is 7.92. The highest BCUT2D eigenvalue weighted by Crippen LogP contribution is 2.27. The summed E-state index contributed by atoms with van der Waals surface area (Å²) in [5.41, 5.74) is 3.38. The van der Waals surface area contributed by atoms with Gasteiger partial charge in [0, 0.05) is 27.8 Å². The zero-order chi connectivity index (χ0) is 18.9. The molecule has 5 nitrogen and oxygen atoms in total. The van der Waals surface area contributed by atoms with Crippen molar-refractivity contribution in [3.8, 4) is 17.0 Å². The highest BCUT2D eigenvalue weighted by Gasteiger charge is 2.15. The Balaban J connectivity index is 1.63. The van der Waals surface area contributed by atoms with Crippen LogP contribution < -0.4 is 9.46 Å². The molecule has 4 aromatic rings. The lowest BCUT2D eigenvalue weighted by molar-refractivity contribution is 0.414. The minimum Gasteiger partial charge on any atom is -0.497 e. The molecular weight excluding hydrogens is 360 g/mol. The van der Waals surface area contributed by atoms with Crippen LogP contribution in [0.1, 0.15) is 0 Å². The Morgan fingerprint density at radius 3 is 2.41 bits per heavy atom. The van der Waals surface area contributed by atoms with Gasteiger partial charge in [-0.25, -0.2) is 8.42 Å². The first-order valence-electron chi connectivity index (χ1n) is 8.40. The van der Waals surface area contributed by atoms with E-state index in [1.54, 1.807) is 18.2 Å². The van der Waals surface area contributed by atoms with Crippen LogP contribution in [0.25, 0.3) is 22.2 Å². The van der Waals surface area contributed by atoms with Gasteiger partial charge in [-0.15, -0.1) is 0 Å². The summed E-state index contributed by atoms with van der Waals surface area (Å²) < 4.78 is 33.0. The fraction of sp³-hybridized carbons (Fsp3) is 0.0476. The molecule has 1 aromatic heterocycles. The first-order valence-corrected chi connectivity index (χ1v) is 9.88. The standard InChI is InChI=1S/C21H18N2O3S/c1-26-18-9-11-19(12-10-18)27(24,25)23-17-7-4-6-15(13-17)21-14-16-5-2-3-8-20(16)22-21/h2-14,22-23H,1H3. The van der Waals surface area contributed by atoms with Gasteiger partial charge in [-0.05, 0) is 48.5 Å². The third-order valence-electron chi connectivity index (χ3n) is 4.33. The van der Waals surface area contributed by atoms with Crippen molar-refractivity contribution in [1.29, 1.82) is 0 Å². The van der Waals surface area contributed by atoms with Gasteiger partial charge in [-0.1, -0.05) is 30.3 Å². The summed E-state index contributed by atoms with van der Waals surface area (Å²) in [4.78, 5) is 3.54. The van der Waals surface area contributed by atoms with E-state index in [1.165, 1.54) is 19.2 Å². The maximum Gasteiger partial charge on any atom is 0.261 e. The lowest BCUT2D eigenvalue weighted by Gasteiger charge is -2.10. The third-order valence-corrected chi connectivity index (χ3v) is 5.72. The summed E-state index contributed by atoms with van der Waals surface area (Å²) in [6.45, 7) is 0. The SMILES string of the molecule is COc1ccc(S(=O)(=O)Nc2cccc(-c3cc4ccccc4[nH]3)c2)cc1. The topological polar surface area (TPSA) is 71.2 Å². The van der Waals surface area contributed by atoms with Crippen molar-refractivity contribution >= 4 is 26.6 Å². The Bertz CT molecular complexity index is 1160. The van der Waals surface area contributed by atoms with E-state index >= 15 is 0 Å². The third kappa shape index (κ3) is 3.52. The first-order chi connectivity index (χ1) is 13.0. The van der Waals surface area contributed by atoms with E-state index in [9.17, 15) is 8.42 Å². The van der Waals surface area contributed by atoms with E-state index in [2.05, 4.69) is 9.71 Å². The summed E-state index contributed by atoms with van der Waals surface area (Å²) in [7, 11) is -2.14. The number of hydrogen-bond donors (Lipinski definition) is 2. The van der Waals surface area contributed by atoms with Crippen molar-refractivity contribution in [2.45, 2.75) is 4.90 Å². The average molecular weight is 378 g/mol. The second-order valence-corrected chi connectivity index (χ2v) is 7.81. The molecule has 0 saturated carbocycles. The number of anilines is 1. The summed E-state index contributed by atoms with van der Waals surface area (Å²) in [6.07, 6.45) is 0. The predicted molar refractivity (Wildman–Crippen MR) is 108 cm³/mol. The second kappa shape index (κ2) is 6.81. The van der Waals surface area contributed by atoms with Crippen LogP contribution in [0, 0.1) is 0 Å². The molecule has 6 heteroatoms. The number of H-pyrrole nitrogens is 1. The highest BCUT2D eigenvalue weighted by atomic mass is 32.2. The van der Waals surface area contributed by atoms with Gasteiger partial charge in [0.25, 0.3) is 10.0 Å². The maximum absolute atomic E-state index is 12.6. The van der Waals surface area contributed by atoms with Crippen LogP contribution in [0.2, 0.25) is 0 Å². The number of aromatic nitrogens is 1. The van der Waals surface area contributed by atoms with Crippen LogP contribution >= 0.6 is 0 Å². The molecule has 0 spiro atoms. The Morgan fingerprint density at radius 1 is 0.889 bits per heavy atom. The maximum atomic E-state index is 12.6. The number of aromatic amines is 1. The molecule has 0 atom stereocenters. The normalized spacial score (nSPS) is 11.4. The Hall–Kier alpha value is -3.25. The number of benzene rings is 3. The van der Waals surface area contributed by atoms with E-state index in [1.807, 2.05) is 48.5 Å². The number of ether oxygens (including phenoxy) is 1. The van der Waals surface area contributed by atoms with Crippen molar-refractivity contribution in [3.05, 3.63) is 78.9 Å². The van der Waals surface area contributed by atoms with Gasteiger partial charge >= 0.3 is 0 Å². The molecule has 2 N–H and O–H groups in total. The first kappa shape index (κ1) is 17.2. The van der Waals surface area contributed by atoms with Gasteiger partial charge in [0.1, 0.15) is 5.75 Å². The van der Waals surface area contributed by atoms with E-state index in [0.717, 1.165) is 22.2 Å². The summed E-state index contributed by atoms with van der Waals surface area (Å²) in [5.74, 6) is 0.606. The van der Waals surface area contributed by atoms with Gasteiger partial charge < -0.3 is 9.72 Å². The van der Waals surface area contributed by atoms with Gasteiger partial charge in [-0.2, -0.15) is 0 Å². The van der Waals surface area contributed by atoms with E-state index in [-0.39, 0.29) is 4.90 Å². The Kier molecular flexibility index (Phi) is 4.33. The van der Waals surface area contributed by atoms with Crippen molar-refractivity contribution < 1.29 is 13.2 Å². The number of hydrogen-bond acceptors (Lipinski definition) is 3. The minimum atomic E-state index is -3.68. The molecule has 0 aliphatic carbocycles. The lowest BCUT2D eigenvalue weighted by atomic mass is 10.1. The Morgan fingerprint density at radius 2 is 1.67 bits per heavy atom. The van der Waals surface area contributed by atoms with Crippen LogP contribution in [-0.4, -0.2) is 20.5 Å². The summed E-state index contributed by atoms with van der Waals surface area (Å²) in [5, 5.41) is 1.11. The minimum absolute atomic E-state index is 0.180. The number of rotatable bonds is 5. The monoisotopic (exact) mass is 378 g/mol. The van der Waals surface area contributed by atoms with Crippen LogP contribution in [0.15, 0.2) is 83.8 Å². The molecule has 0 radical (unpaired) electrons. The molecule has 0 aliphatic heterocycles. The fourth-order valence-corrected chi connectivity index (χ4v) is 4.00. The molecule has 1 heterocycles. The van der Waals surface area contributed by atoms with Crippen molar-refractivity contribution in [2.75, 3.05) is 11.8 Å². The van der Waals surface area contributed by atoms with E-state index < -0.39 is 10.0 Å². The number of nitrogens with one attached hydrogen (secondary N) is 2. The van der Waals surface area contributed by atoms with Gasteiger partial charge in [0.05, 0.1) is 12.0 Å². The van der Waals surface area contributed by atoms with Crippen molar-refractivity contribution in [1.82, 2.24) is 4.98 Å². The molecule has 0 unspecified atom stereocenters. The smallest absolute Gasteiger partial charge is 0.261 e. The van der Waals surface area contributed by atoms with Crippen LogP contribution in [0.3, 0.4) is 0 Å². The zero-order valence-electron chi connectivity index (χ0n) is 14.6. The summed E-state index contributed by atoms with van der Waals surface area (Å²) >= 11 is 0. The summed E-state index contributed by atoms with van der Waals surface area (Å²) in [6, 6.07) is 23.6. The van der Waals surface area contributed by atoms with E-state index in [4.69, 9.17) is 4.74 Å². The van der Waals surface area contributed by atoms with Crippen molar-refractivity contribution in [3.63, 3.8) is 0 Å². The molecule has 0 saturated heterocycles. The van der Waals surface area contributed by atoms with Crippen molar-refractivity contribution in [2.24, 2.45) is 0 Å². The van der Waals surface area contributed by atoms with Gasteiger partial charge in [0.2, 0.25) is 0 Å². The molecular formula is C21H18N2O3S. The Labute approximate surface area is 157 Å². The average Bonchev–Trinajstić information content (AvgIpc) is 3.12. The van der Waals surface area contributed by atoms with Crippen LogP contribution in [0.4, 0.5) is 5.69 Å². The van der Waals surface area contributed by atoms with Crippen LogP contribution in [-0.2, 0) is 10.0 Å². The molecule has 4 rings (SSSR count). The van der Waals surface area contributed by atoms with Gasteiger partial charge in [-0.3, -0.25) is 4.72 Å². The zero-order valence-corrected chi connectivity index (χ0v) is 15.5. The number of sulfonamides is 1. The molecule has 136 valence electrons. The molecule has 0 bridgehead atoms. The second-order valence-electron chi connectivity index (χ2n) is 6.13. The van der Waals surface area contributed by atoms with Crippen LogP contribution in [0.5, 0.6) is 5.75 Å². The molecule has 0 fully saturated rings. The van der Waals surface area contributed by atoms with E-state index in [0.29, 0.717) is 11.4 Å². The lowest BCUT2D eigenvalue weighted by Crippen LogP contribution is -2.12. The molecule has 3 aromatic carbocycles. The molecule has 0 aliphatic rings. The predicted octanol–water partition coefficient (Wildman–Crippen LogP) is 4.64. The van der Waals surface area contributed by atoms with Gasteiger partial charge in [0.15, 0.2) is 0 Å². The fourth-order valence-electron chi connectivity index (χ4n) is 2.95. The largest absolute Gasteiger partial charge is 0.497 e. The number of para-hydroxylation sites is 1. The number of methoxy groups -OCH3 is 1. The molecule has 0 amide bonds. The quantitative estimate of drug-likeness (QED) is 0.531. The molecule has 27 heavy (non-hydrogen) atoms. The number of fused-ring (bicyclic) bond motifs is 1.